The van der Waals surface area contributed by atoms with Gasteiger partial charge in [-0.1, -0.05) is 23.4 Å². The number of quaternary nitrogens is 1. The van der Waals surface area contributed by atoms with Gasteiger partial charge in [-0.2, -0.15) is 4.68 Å². The van der Waals surface area contributed by atoms with Gasteiger partial charge >= 0.3 is 0 Å². The molecule has 0 amide bonds. The normalized spacial score (nSPS) is 10.9. The zero-order valence-electron chi connectivity index (χ0n) is 13.5. The number of carbonyl (C=O) groups is 1. The fourth-order valence-electron chi connectivity index (χ4n) is 2.39. The lowest BCUT2D eigenvalue weighted by Gasteiger charge is -2.16. The Bertz CT molecular complexity index is 604. The maximum absolute atomic E-state index is 11.8. The first-order valence-electron chi connectivity index (χ1n) is 7.76. The molecule has 1 aromatic heterocycles. The Morgan fingerprint density at radius 1 is 1.23 bits per heavy atom. The van der Waals surface area contributed by atoms with Crippen molar-refractivity contribution in [3.63, 3.8) is 0 Å². The van der Waals surface area contributed by atoms with E-state index in [4.69, 9.17) is 0 Å². The van der Waals surface area contributed by atoms with Gasteiger partial charge in [0.2, 0.25) is 0 Å². The first kappa shape index (κ1) is 16.2. The third-order valence-corrected chi connectivity index (χ3v) is 3.78. The molecule has 2 aromatic rings. The van der Waals surface area contributed by atoms with E-state index in [9.17, 15) is 4.79 Å². The van der Waals surface area contributed by atoms with Crippen LogP contribution in [-0.2, 0) is 0 Å². The standard InChI is InChI=1S/C16H23N5O/c1-4-20(5-2)12-11-17-16-15(13(3)22)18-19-21(16)14-9-7-6-8-10-14/h6-10,17H,4-5,11-12H2,1-3H3/p+1. The molecule has 1 aromatic carbocycles. The maximum atomic E-state index is 11.8. The zero-order chi connectivity index (χ0) is 15.9. The number of nitrogens with one attached hydrogen (secondary N) is 2. The summed E-state index contributed by atoms with van der Waals surface area (Å²) in [5.41, 5.74) is 1.28. The van der Waals surface area contributed by atoms with E-state index < -0.39 is 0 Å². The van der Waals surface area contributed by atoms with Gasteiger partial charge in [-0.3, -0.25) is 4.79 Å². The Balaban J connectivity index is 2.20. The molecule has 0 fully saturated rings. The van der Waals surface area contributed by atoms with Crippen molar-refractivity contribution in [3.05, 3.63) is 36.0 Å². The van der Waals surface area contributed by atoms with E-state index >= 15 is 0 Å². The van der Waals surface area contributed by atoms with Gasteiger partial charge in [-0.15, -0.1) is 5.10 Å². The summed E-state index contributed by atoms with van der Waals surface area (Å²) in [7, 11) is 0. The van der Waals surface area contributed by atoms with E-state index in [2.05, 4.69) is 29.5 Å². The van der Waals surface area contributed by atoms with Crippen molar-refractivity contribution in [2.24, 2.45) is 0 Å². The molecule has 0 spiro atoms. The van der Waals surface area contributed by atoms with Crippen LogP contribution in [0.4, 0.5) is 5.82 Å². The highest BCUT2D eigenvalue weighted by molar-refractivity contribution is 5.96. The topological polar surface area (TPSA) is 64.2 Å². The van der Waals surface area contributed by atoms with Crippen LogP contribution in [0.25, 0.3) is 5.69 Å². The van der Waals surface area contributed by atoms with Crippen LogP contribution in [0, 0.1) is 0 Å². The van der Waals surface area contributed by atoms with E-state index in [-0.39, 0.29) is 5.78 Å². The minimum Gasteiger partial charge on any atom is -0.362 e. The van der Waals surface area contributed by atoms with Gasteiger partial charge in [-0.05, 0) is 26.0 Å². The SMILES string of the molecule is CC[NH+](CC)CCNc1c(C(C)=O)nnn1-c1ccccc1. The van der Waals surface area contributed by atoms with E-state index in [1.54, 1.807) is 4.68 Å². The molecule has 0 saturated carbocycles. The molecule has 0 aliphatic heterocycles. The molecule has 0 saturated heterocycles. The number of rotatable bonds is 8. The van der Waals surface area contributed by atoms with Gasteiger partial charge in [0.15, 0.2) is 17.3 Å². The highest BCUT2D eigenvalue weighted by atomic mass is 16.1. The monoisotopic (exact) mass is 302 g/mol. The molecule has 118 valence electrons. The lowest BCUT2D eigenvalue weighted by molar-refractivity contribution is -0.894. The number of nitrogens with zero attached hydrogens (tertiary/aromatic N) is 3. The van der Waals surface area contributed by atoms with Gasteiger partial charge in [0.1, 0.15) is 0 Å². The molecular weight excluding hydrogens is 278 g/mol. The predicted molar refractivity (Wildman–Crippen MR) is 86.8 cm³/mol. The molecule has 6 nitrogen and oxygen atoms in total. The smallest absolute Gasteiger partial charge is 0.183 e. The minimum absolute atomic E-state index is 0.0835. The lowest BCUT2D eigenvalue weighted by Crippen LogP contribution is -3.12. The van der Waals surface area contributed by atoms with Gasteiger partial charge in [0.25, 0.3) is 0 Å². The molecule has 1 heterocycles. The van der Waals surface area contributed by atoms with Crippen molar-refractivity contribution in [2.75, 3.05) is 31.5 Å². The number of hydrogen-bond donors (Lipinski definition) is 2. The summed E-state index contributed by atoms with van der Waals surface area (Å²) in [4.78, 5) is 13.3. The highest BCUT2D eigenvalue weighted by Gasteiger charge is 2.17. The molecule has 2 N–H and O–H groups in total. The van der Waals surface area contributed by atoms with Crippen LogP contribution in [0.1, 0.15) is 31.3 Å². The molecule has 6 heteroatoms. The Morgan fingerprint density at radius 2 is 1.91 bits per heavy atom. The summed E-state index contributed by atoms with van der Waals surface area (Å²) in [6, 6.07) is 9.71. The summed E-state index contributed by atoms with van der Waals surface area (Å²) < 4.78 is 1.69. The second-order valence-corrected chi connectivity index (χ2v) is 5.22. The molecule has 0 aliphatic rings. The lowest BCUT2D eigenvalue weighted by atomic mass is 10.3. The van der Waals surface area contributed by atoms with E-state index in [0.717, 1.165) is 31.9 Å². The van der Waals surface area contributed by atoms with Crippen LogP contribution < -0.4 is 10.2 Å². The van der Waals surface area contributed by atoms with Gasteiger partial charge in [-0.25, -0.2) is 0 Å². The number of anilines is 1. The molecule has 0 radical (unpaired) electrons. The fourth-order valence-corrected chi connectivity index (χ4v) is 2.39. The summed E-state index contributed by atoms with van der Waals surface area (Å²) >= 11 is 0. The Labute approximate surface area is 131 Å². The predicted octanol–water partition coefficient (Wildman–Crippen LogP) is 0.807. The van der Waals surface area contributed by atoms with Crippen LogP contribution in [-0.4, -0.2) is 47.0 Å². The number of likely N-dealkylation sites (N-methyl/N-ethyl adjacent to an activating group) is 1. The van der Waals surface area contributed by atoms with E-state index in [1.807, 2.05) is 30.3 Å². The number of para-hydroxylation sites is 1. The third-order valence-electron chi connectivity index (χ3n) is 3.78. The Morgan fingerprint density at radius 3 is 2.50 bits per heavy atom. The minimum atomic E-state index is -0.0835. The summed E-state index contributed by atoms with van der Waals surface area (Å²) in [5, 5.41) is 11.5. The van der Waals surface area contributed by atoms with Crippen LogP contribution in [0.3, 0.4) is 0 Å². The van der Waals surface area contributed by atoms with Gasteiger partial charge < -0.3 is 10.2 Å². The molecule has 22 heavy (non-hydrogen) atoms. The van der Waals surface area contributed by atoms with Crippen LogP contribution in [0.5, 0.6) is 0 Å². The molecule has 2 rings (SSSR count). The zero-order valence-corrected chi connectivity index (χ0v) is 13.5. The van der Waals surface area contributed by atoms with Crippen molar-refractivity contribution in [2.45, 2.75) is 20.8 Å². The van der Waals surface area contributed by atoms with Crippen molar-refractivity contribution >= 4 is 11.6 Å². The maximum Gasteiger partial charge on any atom is 0.183 e. The highest BCUT2D eigenvalue weighted by Crippen LogP contribution is 2.18. The second kappa shape index (κ2) is 7.70. The molecule has 0 aliphatic carbocycles. The Hall–Kier alpha value is -2.21. The number of ketones is 1. The molecule has 0 atom stereocenters. The fraction of sp³-hybridized carbons (Fsp3) is 0.438. The average Bonchev–Trinajstić information content (AvgIpc) is 2.96. The van der Waals surface area contributed by atoms with Crippen LogP contribution in [0.15, 0.2) is 30.3 Å². The number of carbonyl (C=O) groups excluding carboxylic acids is 1. The summed E-state index contributed by atoms with van der Waals surface area (Å²) in [6.45, 7) is 9.81. The summed E-state index contributed by atoms with van der Waals surface area (Å²) in [6.07, 6.45) is 0. The van der Waals surface area contributed by atoms with Crippen LogP contribution in [0.2, 0.25) is 0 Å². The first-order chi connectivity index (χ1) is 10.7. The van der Waals surface area contributed by atoms with Crippen molar-refractivity contribution in [1.29, 1.82) is 0 Å². The van der Waals surface area contributed by atoms with Crippen molar-refractivity contribution in [1.82, 2.24) is 15.0 Å². The number of benzene rings is 1. The van der Waals surface area contributed by atoms with Crippen molar-refractivity contribution < 1.29 is 9.69 Å². The molecular formula is C16H24N5O+. The van der Waals surface area contributed by atoms with Crippen molar-refractivity contribution in [3.8, 4) is 5.69 Å². The van der Waals surface area contributed by atoms with Gasteiger partial charge in [0.05, 0.1) is 31.9 Å². The molecule has 0 bridgehead atoms. The van der Waals surface area contributed by atoms with E-state index in [1.165, 1.54) is 11.8 Å². The molecule has 0 unspecified atom stereocenters. The Kier molecular flexibility index (Phi) is 5.66. The average molecular weight is 302 g/mol. The summed E-state index contributed by atoms with van der Waals surface area (Å²) in [5.74, 6) is 0.588. The number of hydrogen-bond acceptors (Lipinski definition) is 4. The largest absolute Gasteiger partial charge is 0.362 e. The number of aromatic nitrogens is 3. The van der Waals surface area contributed by atoms with Crippen LogP contribution >= 0.6 is 0 Å². The van der Waals surface area contributed by atoms with Gasteiger partial charge in [0, 0.05) is 6.92 Å². The quantitative estimate of drug-likeness (QED) is 0.708. The number of Topliss-reactive ketones (excluding diaryl/α,β-unsaturated/α-hetero) is 1. The second-order valence-electron chi connectivity index (χ2n) is 5.22. The third kappa shape index (κ3) is 3.71. The first-order valence-corrected chi connectivity index (χ1v) is 7.76. The van der Waals surface area contributed by atoms with E-state index in [0.29, 0.717) is 11.5 Å².